The molecule has 15 heavy (non-hydrogen) atoms. The van der Waals surface area contributed by atoms with Gasteiger partial charge in [0, 0.05) is 10.5 Å². The summed E-state index contributed by atoms with van der Waals surface area (Å²) in [6, 6.07) is 5.37. The van der Waals surface area contributed by atoms with Crippen LogP contribution in [0.25, 0.3) is 0 Å². The van der Waals surface area contributed by atoms with Crippen molar-refractivity contribution in [3.8, 4) is 0 Å². The average molecular weight is 274 g/mol. The Bertz CT molecular complexity index is 327. The third-order valence-corrected chi connectivity index (χ3v) is 3.22. The molecular weight excluding hydrogens is 257 g/mol. The van der Waals surface area contributed by atoms with Gasteiger partial charge < -0.3 is 5.32 Å². The SMILES string of the molecule is CCNC(C)C(C)c1cc(Br)ccc1F. The summed E-state index contributed by atoms with van der Waals surface area (Å²) in [5.74, 6) is 0.0397. The second-order valence-electron chi connectivity index (χ2n) is 3.80. The smallest absolute Gasteiger partial charge is 0.126 e. The van der Waals surface area contributed by atoms with Gasteiger partial charge in [-0.05, 0) is 43.1 Å². The minimum atomic E-state index is -0.129. The maximum atomic E-state index is 13.6. The Hall–Kier alpha value is -0.410. The molecule has 0 aliphatic carbocycles. The Labute approximate surface area is 99.2 Å². The molecular formula is C12H17BrFN. The Morgan fingerprint density at radius 3 is 2.67 bits per heavy atom. The van der Waals surface area contributed by atoms with Crippen LogP contribution >= 0.6 is 15.9 Å². The maximum absolute atomic E-state index is 13.6. The molecule has 0 radical (unpaired) electrons. The number of nitrogens with one attached hydrogen (secondary N) is 1. The lowest BCUT2D eigenvalue weighted by Crippen LogP contribution is -2.31. The average Bonchev–Trinajstić information content (AvgIpc) is 2.21. The Morgan fingerprint density at radius 1 is 1.40 bits per heavy atom. The molecule has 0 aromatic heterocycles. The molecule has 1 aromatic rings. The first-order chi connectivity index (χ1) is 7.06. The van der Waals surface area contributed by atoms with Crippen LogP contribution in [-0.2, 0) is 0 Å². The van der Waals surface area contributed by atoms with E-state index in [2.05, 4.69) is 35.1 Å². The first-order valence-electron chi connectivity index (χ1n) is 5.24. The monoisotopic (exact) mass is 273 g/mol. The fourth-order valence-electron chi connectivity index (χ4n) is 1.63. The first-order valence-corrected chi connectivity index (χ1v) is 6.04. The van der Waals surface area contributed by atoms with Gasteiger partial charge in [0.25, 0.3) is 0 Å². The topological polar surface area (TPSA) is 12.0 Å². The summed E-state index contributed by atoms with van der Waals surface area (Å²) in [6.45, 7) is 7.08. The first kappa shape index (κ1) is 12.7. The molecule has 2 atom stereocenters. The van der Waals surface area contributed by atoms with Gasteiger partial charge in [0.15, 0.2) is 0 Å². The van der Waals surface area contributed by atoms with Crippen molar-refractivity contribution >= 4 is 15.9 Å². The molecule has 0 saturated heterocycles. The highest BCUT2D eigenvalue weighted by molar-refractivity contribution is 9.10. The molecule has 0 bridgehead atoms. The van der Waals surface area contributed by atoms with E-state index in [1.165, 1.54) is 6.07 Å². The van der Waals surface area contributed by atoms with Gasteiger partial charge in [0.2, 0.25) is 0 Å². The molecule has 1 nitrogen and oxygen atoms in total. The van der Waals surface area contributed by atoms with Crippen LogP contribution in [0.3, 0.4) is 0 Å². The van der Waals surface area contributed by atoms with E-state index in [1.807, 2.05) is 13.0 Å². The number of halogens is 2. The molecule has 0 amide bonds. The number of hydrogen-bond donors (Lipinski definition) is 1. The van der Waals surface area contributed by atoms with Gasteiger partial charge in [0.1, 0.15) is 5.82 Å². The van der Waals surface area contributed by atoms with Crippen molar-refractivity contribution in [3.05, 3.63) is 34.1 Å². The van der Waals surface area contributed by atoms with Crippen LogP contribution in [0.2, 0.25) is 0 Å². The van der Waals surface area contributed by atoms with Crippen molar-refractivity contribution in [1.82, 2.24) is 5.32 Å². The van der Waals surface area contributed by atoms with E-state index >= 15 is 0 Å². The van der Waals surface area contributed by atoms with E-state index < -0.39 is 0 Å². The second-order valence-corrected chi connectivity index (χ2v) is 4.72. The highest BCUT2D eigenvalue weighted by atomic mass is 79.9. The van der Waals surface area contributed by atoms with Crippen LogP contribution in [0.15, 0.2) is 22.7 Å². The van der Waals surface area contributed by atoms with Crippen molar-refractivity contribution in [2.45, 2.75) is 32.7 Å². The molecule has 0 aliphatic rings. The van der Waals surface area contributed by atoms with E-state index in [-0.39, 0.29) is 17.8 Å². The van der Waals surface area contributed by atoms with Gasteiger partial charge >= 0.3 is 0 Å². The van der Waals surface area contributed by atoms with Gasteiger partial charge in [-0.3, -0.25) is 0 Å². The lowest BCUT2D eigenvalue weighted by molar-refractivity contribution is 0.475. The minimum absolute atomic E-state index is 0.129. The molecule has 84 valence electrons. The largest absolute Gasteiger partial charge is 0.314 e. The molecule has 1 aromatic carbocycles. The van der Waals surface area contributed by atoms with Crippen molar-refractivity contribution in [2.24, 2.45) is 0 Å². The Balaban J connectivity index is 2.89. The van der Waals surface area contributed by atoms with Crippen LogP contribution in [0.4, 0.5) is 4.39 Å². The number of benzene rings is 1. The van der Waals surface area contributed by atoms with Crippen LogP contribution < -0.4 is 5.32 Å². The summed E-state index contributed by atoms with van der Waals surface area (Å²) in [7, 11) is 0. The van der Waals surface area contributed by atoms with Gasteiger partial charge in [-0.1, -0.05) is 29.8 Å². The van der Waals surface area contributed by atoms with Crippen molar-refractivity contribution in [2.75, 3.05) is 6.54 Å². The maximum Gasteiger partial charge on any atom is 0.126 e. The van der Waals surface area contributed by atoms with E-state index in [4.69, 9.17) is 0 Å². The lowest BCUT2D eigenvalue weighted by atomic mass is 9.94. The normalized spacial score (nSPS) is 15.0. The van der Waals surface area contributed by atoms with Crippen molar-refractivity contribution in [3.63, 3.8) is 0 Å². The molecule has 1 N–H and O–H groups in total. The highest BCUT2D eigenvalue weighted by Gasteiger charge is 2.17. The molecule has 0 heterocycles. The number of likely N-dealkylation sites (N-methyl/N-ethyl adjacent to an activating group) is 1. The highest BCUT2D eigenvalue weighted by Crippen LogP contribution is 2.25. The number of rotatable bonds is 4. The third kappa shape index (κ3) is 3.28. The molecule has 0 spiro atoms. The van der Waals surface area contributed by atoms with Gasteiger partial charge in [-0.25, -0.2) is 4.39 Å². The summed E-state index contributed by atoms with van der Waals surface area (Å²) in [5, 5.41) is 3.31. The summed E-state index contributed by atoms with van der Waals surface area (Å²) in [6.07, 6.45) is 0. The second kappa shape index (κ2) is 5.61. The Kier molecular flexibility index (Phi) is 4.74. The zero-order valence-electron chi connectivity index (χ0n) is 9.35. The third-order valence-electron chi connectivity index (χ3n) is 2.72. The fraction of sp³-hybridized carbons (Fsp3) is 0.500. The van der Waals surface area contributed by atoms with Crippen LogP contribution in [0.5, 0.6) is 0 Å². The molecule has 1 rings (SSSR count). The fourth-order valence-corrected chi connectivity index (χ4v) is 2.01. The Morgan fingerprint density at radius 2 is 2.07 bits per heavy atom. The predicted octanol–water partition coefficient (Wildman–Crippen LogP) is 3.69. The molecule has 0 saturated carbocycles. The lowest BCUT2D eigenvalue weighted by Gasteiger charge is -2.21. The summed E-state index contributed by atoms with van der Waals surface area (Å²) in [5.41, 5.74) is 0.762. The van der Waals surface area contributed by atoms with E-state index in [0.29, 0.717) is 0 Å². The summed E-state index contributed by atoms with van der Waals surface area (Å²) in [4.78, 5) is 0. The van der Waals surface area contributed by atoms with Gasteiger partial charge in [-0.2, -0.15) is 0 Å². The summed E-state index contributed by atoms with van der Waals surface area (Å²) >= 11 is 3.37. The van der Waals surface area contributed by atoms with Gasteiger partial charge in [-0.15, -0.1) is 0 Å². The van der Waals surface area contributed by atoms with E-state index in [0.717, 1.165) is 16.6 Å². The van der Waals surface area contributed by atoms with Crippen molar-refractivity contribution in [1.29, 1.82) is 0 Å². The van der Waals surface area contributed by atoms with Crippen LogP contribution in [-0.4, -0.2) is 12.6 Å². The van der Waals surface area contributed by atoms with E-state index in [1.54, 1.807) is 6.07 Å². The van der Waals surface area contributed by atoms with Crippen LogP contribution in [0, 0.1) is 5.82 Å². The van der Waals surface area contributed by atoms with Crippen LogP contribution in [0.1, 0.15) is 32.3 Å². The molecule has 2 unspecified atom stereocenters. The van der Waals surface area contributed by atoms with E-state index in [9.17, 15) is 4.39 Å². The molecule has 0 aliphatic heterocycles. The standard InChI is InChI=1S/C12H17BrFN/c1-4-15-9(3)8(2)11-7-10(13)5-6-12(11)14/h5-9,15H,4H2,1-3H3. The molecule has 3 heteroatoms. The quantitative estimate of drug-likeness (QED) is 0.883. The summed E-state index contributed by atoms with van der Waals surface area (Å²) < 4.78 is 14.5. The number of hydrogen-bond acceptors (Lipinski definition) is 1. The zero-order valence-corrected chi connectivity index (χ0v) is 10.9. The van der Waals surface area contributed by atoms with Gasteiger partial charge in [0.05, 0.1) is 0 Å². The molecule has 0 fully saturated rings. The van der Waals surface area contributed by atoms with Crippen molar-refractivity contribution < 1.29 is 4.39 Å². The predicted molar refractivity (Wildman–Crippen MR) is 65.7 cm³/mol. The minimum Gasteiger partial charge on any atom is -0.314 e. The zero-order chi connectivity index (χ0) is 11.4.